The van der Waals surface area contributed by atoms with Crippen molar-refractivity contribution in [2.75, 3.05) is 13.1 Å². The molecule has 5 nitrogen and oxygen atoms in total. The summed E-state index contributed by atoms with van der Waals surface area (Å²) in [6.07, 6.45) is 6.73. The van der Waals surface area contributed by atoms with Gasteiger partial charge in [0.25, 0.3) is 0 Å². The van der Waals surface area contributed by atoms with Crippen LogP contribution in [-0.4, -0.2) is 24.9 Å². The molecule has 1 aliphatic carbocycles. The van der Waals surface area contributed by atoms with Crippen molar-refractivity contribution in [3.63, 3.8) is 0 Å². The monoisotopic (exact) mass is 345 g/mol. The van der Waals surface area contributed by atoms with Crippen LogP contribution in [-0.2, 0) is 9.59 Å². The first-order valence-electron chi connectivity index (χ1n) is 9.43. The zero-order valence-corrected chi connectivity index (χ0v) is 15.2. The maximum Gasteiger partial charge on any atom is 0.224 e. The molecule has 1 aromatic rings. The number of hydrogen-bond donors (Lipinski definition) is 3. The number of carbonyl (C=O) groups excluding carboxylic acids is 2. The molecule has 0 spiro atoms. The molecule has 0 aliphatic heterocycles. The van der Waals surface area contributed by atoms with Crippen molar-refractivity contribution in [3.8, 4) is 0 Å². The first-order valence-corrected chi connectivity index (χ1v) is 9.43. The Kier molecular flexibility index (Phi) is 7.92. The van der Waals surface area contributed by atoms with Crippen LogP contribution in [0, 0.1) is 11.8 Å². The fourth-order valence-electron chi connectivity index (χ4n) is 3.40. The van der Waals surface area contributed by atoms with E-state index < -0.39 is 0 Å². The average molecular weight is 345 g/mol. The van der Waals surface area contributed by atoms with Crippen LogP contribution in [0.1, 0.15) is 57.1 Å². The second-order valence-corrected chi connectivity index (χ2v) is 7.07. The third-order valence-corrected chi connectivity index (χ3v) is 5.08. The van der Waals surface area contributed by atoms with Crippen LogP contribution in [0.3, 0.4) is 0 Å². The van der Waals surface area contributed by atoms with E-state index in [9.17, 15) is 9.59 Å². The van der Waals surface area contributed by atoms with Crippen molar-refractivity contribution in [2.24, 2.45) is 17.6 Å². The van der Waals surface area contributed by atoms with Crippen LogP contribution in [0.4, 0.5) is 0 Å². The standard InChI is InChI=1S/C20H31N3O2/c1-15(19(21)17-10-6-3-7-11-17)20(25)23-13-12-22-18(24)14-16-8-4-2-5-9-16/h3,6-7,10-11,15-16,19H,2,4-5,8-9,12-14,21H2,1H3,(H,22,24)(H,23,25). The Bertz CT molecular complexity index is 541. The molecule has 2 unspecified atom stereocenters. The van der Waals surface area contributed by atoms with Gasteiger partial charge in [0.05, 0.1) is 5.92 Å². The zero-order chi connectivity index (χ0) is 18.1. The lowest BCUT2D eigenvalue weighted by molar-refractivity contribution is -0.126. The summed E-state index contributed by atoms with van der Waals surface area (Å²) in [5.74, 6) is 0.223. The molecule has 0 bridgehead atoms. The summed E-state index contributed by atoms with van der Waals surface area (Å²) >= 11 is 0. The number of hydrogen-bond acceptors (Lipinski definition) is 3. The predicted molar refractivity (Wildman–Crippen MR) is 99.7 cm³/mol. The normalized spacial score (nSPS) is 17.5. The van der Waals surface area contributed by atoms with Crippen LogP contribution in [0.2, 0.25) is 0 Å². The van der Waals surface area contributed by atoms with Gasteiger partial charge < -0.3 is 16.4 Å². The van der Waals surface area contributed by atoms with Gasteiger partial charge in [-0.05, 0) is 24.3 Å². The molecule has 1 fully saturated rings. The Morgan fingerprint density at radius 1 is 1.08 bits per heavy atom. The molecule has 0 heterocycles. The van der Waals surface area contributed by atoms with E-state index in [1.807, 2.05) is 37.3 Å². The summed E-state index contributed by atoms with van der Waals surface area (Å²) in [5.41, 5.74) is 7.12. The van der Waals surface area contributed by atoms with Crippen molar-refractivity contribution >= 4 is 11.8 Å². The van der Waals surface area contributed by atoms with Gasteiger partial charge in [-0.3, -0.25) is 9.59 Å². The molecule has 0 aromatic heterocycles. The van der Waals surface area contributed by atoms with Crippen molar-refractivity contribution in [3.05, 3.63) is 35.9 Å². The maximum atomic E-state index is 12.2. The fraction of sp³-hybridized carbons (Fsp3) is 0.600. The van der Waals surface area contributed by atoms with E-state index >= 15 is 0 Å². The van der Waals surface area contributed by atoms with Gasteiger partial charge in [0.2, 0.25) is 11.8 Å². The van der Waals surface area contributed by atoms with Crippen molar-refractivity contribution < 1.29 is 9.59 Å². The van der Waals surface area contributed by atoms with Crippen molar-refractivity contribution in [1.82, 2.24) is 10.6 Å². The van der Waals surface area contributed by atoms with Gasteiger partial charge in [-0.15, -0.1) is 0 Å². The molecule has 25 heavy (non-hydrogen) atoms. The molecule has 1 aliphatic rings. The van der Waals surface area contributed by atoms with E-state index in [1.165, 1.54) is 32.1 Å². The summed E-state index contributed by atoms with van der Waals surface area (Å²) in [7, 11) is 0. The number of nitrogens with one attached hydrogen (secondary N) is 2. The predicted octanol–water partition coefficient (Wildman–Crippen LogP) is 2.53. The quantitative estimate of drug-likeness (QED) is 0.633. The SMILES string of the molecule is CC(C(=O)NCCNC(=O)CC1CCCCC1)C(N)c1ccccc1. The average Bonchev–Trinajstić information content (AvgIpc) is 2.65. The van der Waals surface area contributed by atoms with E-state index in [0.29, 0.717) is 25.4 Å². The highest BCUT2D eigenvalue weighted by molar-refractivity contribution is 5.79. The van der Waals surface area contributed by atoms with Crippen LogP contribution in [0.5, 0.6) is 0 Å². The first-order chi connectivity index (χ1) is 12.1. The third kappa shape index (κ3) is 6.50. The van der Waals surface area contributed by atoms with E-state index in [1.54, 1.807) is 0 Å². The summed E-state index contributed by atoms with van der Waals surface area (Å²) in [4.78, 5) is 24.2. The lowest BCUT2D eigenvalue weighted by atomic mass is 9.87. The smallest absolute Gasteiger partial charge is 0.224 e. The van der Waals surface area contributed by atoms with Gasteiger partial charge in [0.15, 0.2) is 0 Å². The van der Waals surface area contributed by atoms with E-state index in [0.717, 1.165) is 5.56 Å². The number of nitrogens with two attached hydrogens (primary N) is 1. The topological polar surface area (TPSA) is 84.2 Å². The molecule has 5 heteroatoms. The lowest BCUT2D eigenvalue weighted by Gasteiger charge is -2.21. The Hall–Kier alpha value is -1.88. The Labute approximate surface area is 150 Å². The molecule has 4 N–H and O–H groups in total. The van der Waals surface area contributed by atoms with Crippen LogP contribution in [0.15, 0.2) is 30.3 Å². The fourth-order valence-corrected chi connectivity index (χ4v) is 3.40. The molecule has 0 radical (unpaired) electrons. The summed E-state index contributed by atoms with van der Waals surface area (Å²) in [6, 6.07) is 9.29. The minimum atomic E-state index is -0.331. The summed E-state index contributed by atoms with van der Waals surface area (Å²) < 4.78 is 0. The van der Waals surface area contributed by atoms with Gasteiger partial charge in [-0.1, -0.05) is 56.5 Å². The summed E-state index contributed by atoms with van der Waals surface area (Å²) in [5, 5.41) is 5.76. The highest BCUT2D eigenvalue weighted by atomic mass is 16.2. The van der Waals surface area contributed by atoms with Crippen LogP contribution >= 0.6 is 0 Å². The Balaban J connectivity index is 1.63. The first kappa shape index (κ1) is 19.4. The zero-order valence-electron chi connectivity index (χ0n) is 15.2. The van der Waals surface area contributed by atoms with Gasteiger partial charge in [0, 0.05) is 25.6 Å². The molecular weight excluding hydrogens is 314 g/mol. The Morgan fingerprint density at radius 3 is 2.40 bits per heavy atom. The molecule has 2 atom stereocenters. The molecule has 1 aromatic carbocycles. The maximum absolute atomic E-state index is 12.2. The Morgan fingerprint density at radius 2 is 1.72 bits per heavy atom. The minimum Gasteiger partial charge on any atom is -0.354 e. The molecule has 2 amide bonds. The largest absolute Gasteiger partial charge is 0.354 e. The number of benzene rings is 1. The van der Waals surface area contributed by atoms with Gasteiger partial charge in [-0.25, -0.2) is 0 Å². The lowest BCUT2D eigenvalue weighted by Crippen LogP contribution is -2.40. The highest BCUT2D eigenvalue weighted by Crippen LogP contribution is 2.26. The third-order valence-electron chi connectivity index (χ3n) is 5.08. The molecular formula is C20H31N3O2. The molecule has 138 valence electrons. The molecule has 0 saturated heterocycles. The summed E-state index contributed by atoms with van der Waals surface area (Å²) in [6.45, 7) is 2.72. The van der Waals surface area contributed by atoms with E-state index in [4.69, 9.17) is 5.73 Å². The van der Waals surface area contributed by atoms with Crippen molar-refractivity contribution in [1.29, 1.82) is 0 Å². The second kappa shape index (κ2) is 10.2. The van der Waals surface area contributed by atoms with Crippen molar-refractivity contribution in [2.45, 2.75) is 51.5 Å². The van der Waals surface area contributed by atoms with Crippen LogP contribution < -0.4 is 16.4 Å². The van der Waals surface area contributed by atoms with Gasteiger partial charge in [0.1, 0.15) is 0 Å². The highest BCUT2D eigenvalue weighted by Gasteiger charge is 2.21. The van der Waals surface area contributed by atoms with E-state index in [2.05, 4.69) is 10.6 Å². The van der Waals surface area contributed by atoms with Gasteiger partial charge in [-0.2, -0.15) is 0 Å². The molecule has 2 rings (SSSR count). The van der Waals surface area contributed by atoms with E-state index in [-0.39, 0.29) is 23.8 Å². The second-order valence-electron chi connectivity index (χ2n) is 7.07. The number of carbonyl (C=O) groups is 2. The number of amides is 2. The minimum absolute atomic E-state index is 0.0853. The van der Waals surface area contributed by atoms with Gasteiger partial charge >= 0.3 is 0 Å². The van der Waals surface area contributed by atoms with Crippen LogP contribution in [0.25, 0.3) is 0 Å². The number of rotatable bonds is 8. The molecule has 1 saturated carbocycles.